The largest absolute Gasteiger partial charge is 0.508 e. The fraction of sp³-hybridized carbons (Fsp3) is 0.286. The van der Waals surface area contributed by atoms with E-state index in [0.717, 1.165) is 10.3 Å². The molecular formula is C14H13Cl2N3O4S. The minimum Gasteiger partial charge on any atom is -0.508 e. The third-order valence-corrected chi connectivity index (χ3v) is 5.54. The van der Waals surface area contributed by atoms with Gasteiger partial charge in [0.05, 0.1) is 34.4 Å². The predicted octanol–water partition coefficient (Wildman–Crippen LogP) is 2.22. The van der Waals surface area contributed by atoms with Crippen LogP contribution in [0.25, 0.3) is 0 Å². The maximum absolute atomic E-state index is 12.3. The summed E-state index contributed by atoms with van der Waals surface area (Å²) < 4.78 is 23.8. The summed E-state index contributed by atoms with van der Waals surface area (Å²) in [6, 6.07) is 2.91. The molecule has 1 aliphatic heterocycles. The van der Waals surface area contributed by atoms with E-state index in [1.807, 2.05) is 0 Å². The number of hydrogen-bond acceptors (Lipinski definition) is 5. The number of phenols is 1. The summed E-state index contributed by atoms with van der Waals surface area (Å²) >= 11 is 12.2. The summed E-state index contributed by atoms with van der Waals surface area (Å²) in [6.07, 6.45) is 3.72. The van der Waals surface area contributed by atoms with E-state index in [-0.39, 0.29) is 35.6 Å². The molecule has 1 saturated heterocycles. The molecule has 1 aliphatic rings. The van der Waals surface area contributed by atoms with E-state index in [0.29, 0.717) is 16.3 Å². The first-order valence-corrected chi connectivity index (χ1v) is 9.51. The fourth-order valence-corrected chi connectivity index (χ4v) is 3.71. The standard InChI is InChI=1S/C14H13Cl2N3O4S/c1-24(22,23)19-7-9(5-17-19)18-6-8(4-12(18)21)13-11(20)3-2-10(15)14(13)16/h2-3,5,7-8,20H,4,6H2,1H3. The molecule has 0 saturated carbocycles. The lowest BCUT2D eigenvalue weighted by molar-refractivity contribution is -0.117. The number of amides is 1. The molecule has 1 unspecified atom stereocenters. The van der Waals surface area contributed by atoms with E-state index in [9.17, 15) is 18.3 Å². The minimum atomic E-state index is -3.52. The highest BCUT2D eigenvalue weighted by Crippen LogP contribution is 2.42. The van der Waals surface area contributed by atoms with Crippen LogP contribution in [0.15, 0.2) is 24.5 Å². The summed E-state index contributed by atoms with van der Waals surface area (Å²) in [4.78, 5) is 13.7. The Hall–Kier alpha value is -1.77. The number of aromatic nitrogens is 2. The number of benzene rings is 1. The number of nitrogens with zero attached hydrogens (tertiary/aromatic N) is 3. The molecule has 24 heavy (non-hydrogen) atoms. The average molecular weight is 390 g/mol. The van der Waals surface area contributed by atoms with E-state index in [2.05, 4.69) is 5.10 Å². The third-order valence-electron chi connectivity index (χ3n) is 3.84. The summed E-state index contributed by atoms with van der Waals surface area (Å²) in [7, 11) is -3.52. The highest BCUT2D eigenvalue weighted by atomic mass is 35.5. The molecule has 2 heterocycles. The van der Waals surface area contributed by atoms with Gasteiger partial charge in [0.25, 0.3) is 10.0 Å². The smallest absolute Gasteiger partial charge is 0.250 e. The Bertz CT molecular complexity index is 926. The SMILES string of the molecule is CS(=O)(=O)n1cc(N2CC(c3c(O)ccc(Cl)c3Cl)CC2=O)cn1. The number of phenolic OH excluding ortho intramolecular Hbond substituents is 1. The molecule has 0 radical (unpaired) electrons. The van der Waals surface area contributed by atoms with Gasteiger partial charge >= 0.3 is 0 Å². The molecule has 0 bridgehead atoms. The molecule has 128 valence electrons. The first kappa shape index (κ1) is 17.1. The molecule has 1 atom stereocenters. The fourth-order valence-electron chi connectivity index (χ4n) is 2.71. The molecule has 1 amide bonds. The quantitative estimate of drug-likeness (QED) is 0.868. The van der Waals surface area contributed by atoms with Crippen LogP contribution in [0.4, 0.5) is 5.69 Å². The number of anilines is 1. The summed E-state index contributed by atoms with van der Waals surface area (Å²) in [5.41, 5.74) is 0.779. The van der Waals surface area contributed by atoms with Gasteiger partial charge in [0.1, 0.15) is 5.75 Å². The Labute approximate surface area is 148 Å². The van der Waals surface area contributed by atoms with Crippen LogP contribution in [-0.4, -0.2) is 41.4 Å². The van der Waals surface area contributed by atoms with Crippen molar-refractivity contribution in [1.82, 2.24) is 9.19 Å². The van der Waals surface area contributed by atoms with Crippen molar-refractivity contribution in [2.45, 2.75) is 12.3 Å². The number of hydrogen-bond donors (Lipinski definition) is 1. The Morgan fingerprint density at radius 1 is 1.33 bits per heavy atom. The molecule has 1 aromatic heterocycles. The maximum atomic E-state index is 12.3. The van der Waals surface area contributed by atoms with Crippen LogP contribution in [0.3, 0.4) is 0 Å². The molecule has 3 rings (SSSR count). The average Bonchev–Trinajstić information content (AvgIpc) is 3.10. The Balaban J connectivity index is 1.92. The molecule has 1 N–H and O–H groups in total. The molecule has 2 aromatic rings. The van der Waals surface area contributed by atoms with Gasteiger partial charge in [-0.1, -0.05) is 23.2 Å². The van der Waals surface area contributed by atoms with Gasteiger partial charge in [-0.3, -0.25) is 4.79 Å². The van der Waals surface area contributed by atoms with E-state index in [1.54, 1.807) is 0 Å². The van der Waals surface area contributed by atoms with Crippen LogP contribution in [0.5, 0.6) is 5.75 Å². The van der Waals surface area contributed by atoms with Crippen LogP contribution in [0, 0.1) is 0 Å². The molecule has 1 aromatic carbocycles. The van der Waals surface area contributed by atoms with Crippen molar-refractivity contribution in [1.29, 1.82) is 0 Å². The Morgan fingerprint density at radius 2 is 2.04 bits per heavy atom. The second-order valence-corrected chi connectivity index (χ2v) is 8.16. The van der Waals surface area contributed by atoms with E-state index >= 15 is 0 Å². The highest BCUT2D eigenvalue weighted by molar-refractivity contribution is 7.89. The topological polar surface area (TPSA) is 92.5 Å². The number of halogens is 2. The first-order chi connectivity index (χ1) is 11.2. The normalized spacial score (nSPS) is 18.4. The number of rotatable bonds is 3. The van der Waals surface area contributed by atoms with Gasteiger partial charge in [-0.2, -0.15) is 9.19 Å². The van der Waals surface area contributed by atoms with Gasteiger partial charge in [-0.25, -0.2) is 8.42 Å². The van der Waals surface area contributed by atoms with E-state index < -0.39 is 10.0 Å². The van der Waals surface area contributed by atoms with E-state index in [1.165, 1.54) is 29.4 Å². The van der Waals surface area contributed by atoms with Crippen molar-refractivity contribution in [3.63, 3.8) is 0 Å². The highest BCUT2D eigenvalue weighted by Gasteiger charge is 2.35. The van der Waals surface area contributed by atoms with Crippen LogP contribution >= 0.6 is 23.2 Å². The van der Waals surface area contributed by atoms with Crippen molar-refractivity contribution in [3.8, 4) is 5.75 Å². The van der Waals surface area contributed by atoms with Crippen LogP contribution in [0.1, 0.15) is 17.9 Å². The molecular weight excluding hydrogens is 377 g/mol. The zero-order valence-electron chi connectivity index (χ0n) is 12.5. The van der Waals surface area contributed by atoms with Crippen molar-refractivity contribution < 1.29 is 18.3 Å². The third kappa shape index (κ3) is 2.97. The van der Waals surface area contributed by atoms with Crippen molar-refractivity contribution in [2.24, 2.45) is 0 Å². The zero-order valence-corrected chi connectivity index (χ0v) is 14.8. The second-order valence-electron chi connectivity index (χ2n) is 5.53. The summed E-state index contributed by atoms with van der Waals surface area (Å²) in [5, 5.41) is 14.3. The van der Waals surface area contributed by atoms with Gasteiger partial charge in [0.2, 0.25) is 5.91 Å². The maximum Gasteiger partial charge on any atom is 0.250 e. The van der Waals surface area contributed by atoms with Gasteiger partial charge < -0.3 is 10.0 Å². The Kier molecular flexibility index (Phi) is 4.23. The van der Waals surface area contributed by atoms with Crippen LogP contribution in [0.2, 0.25) is 10.0 Å². The number of carbonyl (C=O) groups is 1. The lowest BCUT2D eigenvalue weighted by atomic mass is 9.97. The van der Waals surface area contributed by atoms with Crippen molar-refractivity contribution in [2.75, 3.05) is 17.7 Å². The first-order valence-electron chi connectivity index (χ1n) is 6.91. The van der Waals surface area contributed by atoms with Crippen molar-refractivity contribution >= 4 is 44.8 Å². The molecule has 0 aliphatic carbocycles. The minimum absolute atomic E-state index is 0.0316. The second kappa shape index (κ2) is 5.94. The number of aromatic hydroxyl groups is 1. The van der Waals surface area contributed by atoms with Crippen LogP contribution in [-0.2, 0) is 14.8 Å². The molecule has 0 spiro atoms. The lowest BCUT2D eigenvalue weighted by Gasteiger charge is -2.16. The summed E-state index contributed by atoms with van der Waals surface area (Å²) in [6.45, 7) is 0.238. The monoisotopic (exact) mass is 389 g/mol. The van der Waals surface area contributed by atoms with Crippen LogP contribution < -0.4 is 4.90 Å². The molecule has 1 fully saturated rings. The van der Waals surface area contributed by atoms with Crippen molar-refractivity contribution in [3.05, 3.63) is 40.1 Å². The summed E-state index contributed by atoms with van der Waals surface area (Å²) in [5.74, 6) is -0.607. The van der Waals surface area contributed by atoms with Gasteiger partial charge in [0, 0.05) is 24.4 Å². The van der Waals surface area contributed by atoms with Gasteiger partial charge in [-0.15, -0.1) is 0 Å². The van der Waals surface area contributed by atoms with Gasteiger partial charge in [-0.05, 0) is 12.1 Å². The van der Waals surface area contributed by atoms with Gasteiger partial charge in [0.15, 0.2) is 0 Å². The molecule has 10 heteroatoms. The predicted molar refractivity (Wildman–Crippen MR) is 90.3 cm³/mol. The number of carbonyl (C=O) groups excluding carboxylic acids is 1. The molecule has 7 nitrogen and oxygen atoms in total. The Morgan fingerprint density at radius 3 is 2.67 bits per heavy atom. The van der Waals surface area contributed by atoms with E-state index in [4.69, 9.17) is 23.2 Å². The zero-order chi connectivity index (χ0) is 17.6. The lowest BCUT2D eigenvalue weighted by Crippen LogP contribution is -2.24.